The molecule has 0 spiro atoms. The van der Waals surface area contributed by atoms with Crippen molar-refractivity contribution in [3.05, 3.63) is 45.1 Å². The van der Waals surface area contributed by atoms with Crippen molar-refractivity contribution in [3.8, 4) is 0 Å². The molecule has 0 bridgehead atoms. The molecule has 6 heteroatoms. The van der Waals surface area contributed by atoms with Crippen LogP contribution in [-0.2, 0) is 22.4 Å². The van der Waals surface area contributed by atoms with Gasteiger partial charge in [-0.25, -0.2) is 0 Å². The number of thiophene rings is 1. The first-order valence-electron chi connectivity index (χ1n) is 8.38. The van der Waals surface area contributed by atoms with Crippen molar-refractivity contribution < 1.29 is 14.3 Å². The van der Waals surface area contributed by atoms with Crippen molar-refractivity contribution in [3.63, 3.8) is 0 Å². The summed E-state index contributed by atoms with van der Waals surface area (Å²) in [7, 11) is 1.48. The third-order valence-corrected chi connectivity index (χ3v) is 5.41. The summed E-state index contributed by atoms with van der Waals surface area (Å²) in [5.74, 6) is -0.253. The number of hydrogen-bond acceptors (Lipinski definition) is 4. The molecule has 3 rings (SSSR count). The molecular formula is C19H22N2O3S. The third kappa shape index (κ3) is 4.08. The van der Waals surface area contributed by atoms with Gasteiger partial charge in [0, 0.05) is 18.5 Å². The number of ether oxygens (including phenoxy) is 1. The molecule has 132 valence electrons. The maximum atomic E-state index is 12.6. The monoisotopic (exact) mass is 358 g/mol. The van der Waals surface area contributed by atoms with E-state index in [9.17, 15) is 9.59 Å². The quantitative estimate of drug-likeness (QED) is 0.855. The smallest absolute Gasteiger partial charge is 0.266 e. The zero-order valence-electron chi connectivity index (χ0n) is 14.5. The van der Waals surface area contributed by atoms with Crippen LogP contribution in [0.2, 0.25) is 0 Å². The summed E-state index contributed by atoms with van der Waals surface area (Å²) in [6, 6.07) is 5.45. The van der Waals surface area contributed by atoms with E-state index in [2.05, 4.69) is 16.0 Å². The van der Waals surface area contributed by atoms with Gasteiger partial charge >= 0.3 is 0 Å². The van der Waals surface area contributed by atoms with Crippen molar-refractivity contribution >= 4 is 34.5 Å². The van der Waals surface area contributed by atoms with Gasteiger partial charge < -0.3 is 15.4 Å². The molecule has 1 aliphatic carbocycles. The van der Waals surface area contributed by atoms with E-state index < -0.39 is 0 Å². The Morgan fingerprint density at radius 3 is 2.76 bits per heavy atom. The van der Waals surface area contributed by atoms with Crippen LogP contribution in [0.15, 0.2) is 23.6 Å². The van der Waals surface area contributed by atoms with E-state index in [1.165, 1.54) is 36.0 Å². The number of rotatable bonds is 5. The number of anilines is 2. The number of aryl methyl sites for hydroxylation is 2. The number of benzene rings is 1. The van der Waals surface area contributed by atoms with E-state index in [1.54, 1.807) is 12.1 Å². The van der Waals surface area contributed by atoms with Gasteiger partial charge in [-0.1, -0.05) is 0 Å². The number of carbonyl (C=O) groups is 2. The van der Waals surface area contributed by atoms with E-state index >= 15 is 0 Å². The number of carbonyl (C=O) groups excluding carboxylic acids is 2. The fourth-order valence-corrected chi connectivity index (χ4v) is 4.15. The lowest BCUT2D eigenvalue weighted by Gasteiger charge is -2.13. The molecule has 2 amide bonds. The van der Waals surface area contributed by atoms with Gasteiger partial charge in [-0.2, -0.15) is 0 Å². The molecule has 0 aliphatic heterocycles. The van der Waals surface area contributed by atoms with Crippen LogP contribution in [-0.4, -0.2) is 25.5 Å². The average Bonchev–Trinajstić information content (AvgIpc) is 3.02. The first-order chi connectivity index (χ1) is 12.1. The first-order valence-corrected chi connectivity index (χ1v) is 9.26. The zero-order valence-corrected chi connectivity index (χ0v) is 15.3. The van der Waals surface area contributed by atoms with Gasteiger partial charge in [0.05, 0.1) is 4.88 Å². The number of fused-ring (bicyclic) bond motifs is 1. The summed E-state index contributed by atoms with van der Waals surface area (Å²) in [6.07, 6.45) is 4.43. The summed E-state index contributed by atoms with van der Waals surface area (Å²) in [5, 5.41) is 7.87. The number of amides is 2. The molecular weight excluding hydrogens is 336 g/mol. The fourth-order valence-electron chi connectivity index (χ4n) is 3.10. The standard InChI is InChI=1S/C19H22N2O3S/c1-12-9-14(7-8-16(12)21-17(22)10-24-2)20-19(23)18-15-6-4-3-5-13(15)11-25-18/h7-9,11H,3-6,10H2,1-2H3,(H,20,23)(H,21,22). The highest BCUT2D eigenvalue weighted by Gasteiger charge is 2.20. The van der Waals surface area contributed by atoms with Crippen molar-refractivity contribution in [1.82, 2.24) is 0 Å². The zero-order chi connectivity index (χ0) is 17.8. The lowest BCUT2D eigenvalue weighted by atomic mass is 9.94. The molecule has 25 heavy (non-hydrogen) atoms. The van der Waals surface area contributed by atoms with E-state index in [-0.39, 0.29) is 18.4 Å². The second kappa shape index (κ2) is 7.80. The minimum atomic E-state index is -0.201. The van der Waals surface area contributed by atoms with Crippen LogP contribution in [0.5, 0.6) is 0 Å². The van der Waals surface area contributed by atoms with Gasteiger partial charge in [-0.15, -0.1) is 11.3 Å². The van der Waals surface area contributed by atoms with Crippen LogP contribution in [0, 0.1) is 6.92 Å². The number of hydrogen-bond donors (Lipinski definition) is 2. The van der Waals surface area contributed by atoms with Crippen LogP contribution in [0.3, 0.4) is 0 Å². The van der Waals surface area contributed by atoms with Crippen LogP contribution in [0.4, 0.5) is 11.4 Å². The third-order valence-electron chi connectivity index (χ3n) is 4.34. The summed E-state index contributed by atoms with van der Waals surface area (Å²) >= 11 is 1.53. The summed E-state index contributed by atoms with van der Waals surface area (Å²) in [4.78, 5) is 25.1. The van der Waals surface area contributed by atoms with E-state index in [1.807, 2.05) is 13.0 Å². The molecule has 1 heterocycles. The van der Waals surface area contributed by atoms with Gasteiger partial charge in [0.1, 0.15) is 6.61 Å². The SMILES string of the molecule is COCC(=O)Nc1ccc(NC(=O)c2scc3c2CCCC3)cc1C. The Morgan fingerprint density at radius 2 is 2.00 bits per heavy atom. The van der Waals surface area contributed by atoms with Crippen LogP contribution >= 0.6 is 11.3 Å². The average molecular weight is 358 g/mol. The molecule has 5 nitrogen and oxygen atoms in total. The van der Waals surface area contributed by atoms with Crippen LogP contribution in [0.1, 0.15) is 39.2 Å². The molecule has 1 aromatic heterocycles. The topological polar surface area (TPSA) is 67.4 Å². The highest BCUT2D eigenvalue weighted by Crippen LogP contribution is 2.30. The predicted octanol–water partition coefficient (Wildman–Crippen LogP) is 3.77. The van der Waals surface area contributed by atoms with E-state index in [0.29, 0.717) is 5.69 Å². The van der Waals surface area contributed by atoms with Crippen molar-refractivity contribution in [2.24, 2.45) is 0 Å². The summed E-state index contributed by atoms with van der Waals surface area (Å²) < 4.78 is 4.81. The number of nitrogens with one attached hydrogen (secondary N) is 2. The molecule has 0 unspecified atom stereocenters. The maximum Gasteiger partial charge on any atom is 0.266 e. The van der Waals surface area contributed by atoms with Crippen LogP contribution < -0.4 is 10.6 Å². The predicted molar refractivity (Wildman–Crippen MR) is 101 cm³/mol. The Hall–Kier alpha value is -2.18. The highest BCUT2D eigenvalue weighted by molar-refractivity contribution is 7.12. The van der Waals surface area contributed by atoms with Crippen molar-refractivity contribution in [1.29, 1.82) is 0 Å². The fraction of sp³-hybridized carbons (Fsp3) is 0.368. The number of methoxy groups -OCH3 is 1. The molecule has 0 radical (unpaired) electrons. The van der Waals surface area contributed by atoms with Gasteiger partial charge in [-0.05, 0) is 72.9 Å². The minimum absolute atomic E-state index is 0.0153. The van der Waals surface area contributed by atoms with Crippen molar-refractivity contribution in [2.75, 3.05) is 24.4 Å². The van der Waals surface area contributed by atoms with Gasteiger partial charge in [0.15, 0.2) is 0 Å². The molecule has 1 aromatic carbocycles. The largest absolute Gasteiger partial charge is 0.375 e. The normalized spacial score (nSPS) is 13.2. The maximum absolute atomic E-state index is 12.6. The molecule has 2 N–H and O–H groups in total. The molecule has 0 saturated heterocycles. The van der Waals surface area contributed by atoms with E-state index in [4.69, 9.17) is 4.74 Å². The summed E-state index contributed by atoms with van der Waals surface area (Å²) in [6.45, 7) is 1.91. The lowest BCUT2D eigenvalue weighted by Crippen LogP contribution is -2.18. The van der Waals surface area contributed by atoms with Crippen LogP contribution in [0.25, 0.3) is 0 Å². The Balaban J connectivity index is 1.70. The summed E-state index contributed by atoms with van der Waals surface area (Å²) in [5.41, 5.74) is 4.87. The van der Waals surface area contributed by atoms with Gasteiger partial charge in [0.2, 0.25) is 5.91 Å². The highest BCUT2D eigenvalue weighted by atomic mass is 32.1. The molecule has 2 aromatic rings. The van der Waals surface area contributed by atoms with Gasteiger partial charge in [-0.3, -0.25) is 9.59 Å². The van der Waals surface area contributed by atoms with Gasteiger partial charge in [0.25, 0.3) is 5.91 Å². The Morgan fingerprint density at radius 1 is 1.20 bits per heavy atom. The molecule has 1 aliphatic rings. The second-order valence-electron chi connectivity index (χ2n) is 6.24. The Bertz CT molecular complexity index is 798. The minimum Gasteiger partial charge on any atom is -0.375 e. The molecule has 0 saturated carbocycles. The molecule has 0 atom stereocenters. The second-order valence-corrected chi connectivity index (χ2v) is 7.12. The Kier molecular flexibility index (Phi) is 5.50. The lowest BCUT2D eigenvalue weighted by molar-refractivity contribution is -0.119. The first kappa shape index (κ1) is 17.6. The molecule has 0 fully saturated rings. The Labute approximate surface area is 151 Å². The van der Waals surface area contributed by atoms with Crippen molar-refractivity contribution in [2.45, 2.75) is 32.6 Å². The van der Waals surface area contributed by atoms with E-state index in [0.717, 1.165) is 35.4 Å².